The van der Waals surface area contributed by atoms with Gasteiger partial charge in [-0.15, -0.1) is 0 Å². The summed E-state index contributed by atoms with van der Waals surface area (Å²) in [6.45, 7) is 5.61. The van der Waals surface area contributed by atoms with Crippen molar-refractivity contribution < 1.29 is 9.53 Å². The van der Waals surface area contributed by atoms with E-state index in [4.69, 9.17) is 4.74 Å². The van der Waals surface area contributed by atoms with Crippen molar-refractivity contribution in [2.75, 3.05) is 0 Å². The Morgan fingerprint density at radius 1 is 1.45 bits per heavy atom. The van der Waals surface area contributed by atoms with Gasteiger partial charge in [0.05, 0.1) is 0 Å². The first-order valence-corrected chi connectivity index (χ1v) is 8.26. The Bertz CT molecular complexity index is 718. The smallest absolute Gasteiger partial charge is 0.407 e. The molecular formula is C16H20BrN3O2. The number of hydrogen-bond donors (Lipinski definition) is 2. The Labute approximate surface area is 138 Å². The summed E-state index contributed by atoms with van der Waals surface area (Å²) in [5.41, 5.74) is 2.91. The summed E-state index contributed by atoms with van der Waals surface area (Å²) in [4.78, 5) is 19.8. The molecule has 0 radical (unpaired) electrons. The van der Waals surface area contributed by atoms with Crippen molar-refractivity contribution in [3.8, 4) is 0 Å². The molecule has 1 aliphatic rings. The van der Waals surface area contributed by atoms with Crippen LogP contribution in [0.3, 0.4) is 0 Å². The van der Waals surface area contributed by atoms with Gasteiger partial charge in [-0.3, -0.25) is 0 Å². The normalized spacial score (nSPS) is 18.1. The van der Waals surface area contributed by atoms with Crippen LogP contribution in [0.4, 0.5) is 4.79 Å². The number of rotatable bonds is 1. The van der Waals surface area contributed by atoms with Gasteiger partial charge < -0.3 is 15.0 Å². The third kappa shape index (κ3) is 3.27. The number of alkyl carbamates (subject to hydrolysis) is 1. The van der Waals surface area contributed by atoms with Gasteiger partial charge in [0.15, 0.2) is 0 Å². The fourth-order valence-electron chi connectivity index (χ4n) is 2.87. The molecule has 1 unspecified atom stereocenters. The minimum atomic E-state index is -0.471. The highest BCUT2D eigenvalue weighted by atomic mass is 79.9. The lowest BCUT2D eigenvalue weighted by atomic mass is 9.92. The highest BCUT2D eigenvalue weighted by Gasteiger charge is 2.26. The minimum absolute atomic E-state index is 0.102. The highest BCUT2D eigenvalue weighted by molar-refractivity contribution is 9.10. The average Bonchev–Trinajstić information content (AvgIpc) is 2.73. The average molecular weight is 366 g/mol. The van der Waals surface area contributed by atoms with Gasteiger partial charge in [-0.05, 0) is 73.7 Å². The van der Waals surface area contributed by atoms with Gasteiger partial charge in [-0.2, -0.15) is 0 Å². The molecule has 2 heterocycles. The molecule has 0 saturated heterocycles. The quantitative estimate of drug-likeness (QED) is 0.757. The van der Waals surface area contributed by atoms with E-state index in [1.807, 2.05) is 26.8 Å². The molecule has 118 valence electrons. The Hall–Kier alpha value is -1.56. The number of nitrogens with zero attached hydrogens (tertiary/aromatic N) is 1. The van der Waals surface area contributed by atoms with Crippen LogP contribution in [0.25, 0.3) is 11.0 Å². The van der Waals surface area contributed by atoms with E-state index in [1.54, 1.807) is 0 Å². The molecule has 2 N–H and O–H groups in total. The summed E-state index contributed by atoms with van der Waals surface area (Å²) < 4.78 is 6.16. The van der Waals surface area contributed by atoms with E-state index in [0.717, 1.165) is 34.9 Å². The number of hydrogen-bond acceptors (Lipinski definition) is 3. The molecule has 2 aromatic heterocycles. The molecule has 3 rings (SSSR count). The van der Waals surface area contributed by atoms with E-state index in [0.29, 0.717) is 0 Å². The zero-order chi connectivity index (χ0) is 15.9. The second-order valence-electron chi connectivity index (χ2n) is 6.70. The summed E-state index contributed by atoms with van der Waals surface area (Å²) in [7, 11) is 0. The number of halogens is 1. The van der Waals surface area contributed by atoms with Crippen LogP contribution in [-0.4, -0.2) is 27.7 Å². The first-order valence-electron chi connectivity index (χ1n) is 7.47. The monoisotopic (exact) mass is 365 g/mol. The van der Waals surface area contributed by atoms with Crippen LogP contribution in [0.15, 0.2) is 16.7 Å². The Kier molecular flexibility index (Phi) is 3.89. The first kappa shape index (κ1) is 15.3. The number of H-pyrrole nitrogens is 1. The van der Waals surface area contributed by atoms with Gasteiger partial charge >= 0.3 is 6.09 Å². The Balaban J connectivity index is 1.76. The highest BCUT2D eigenvalue weighted by Crippen LogP contribution is 2.29. The number of nitrogens with one attached hydrogen (secondary N) is 2. The second kappa shape index (κ2) is 5.57. The molecule has 1 amide bonds. The standard InChI is InChI=1S/C16H20BrN3O2/c1-16(2,3)22-15(21)18-9-4-6-12-11(8-9)10-5-7-13(17)20-14(10)19-12/h5,7,9H,4,6,8H2,1-3H3,(H,18,21)(H,19,20). The summed E-state index contributed by atoms with van der Waals surface area (Å²) >= 11 is 3.39. The lowest BCUT2D eigenvalue weighted by Crippen LogP contribution is -2.41. The Morgan fingerprint density at radius 3 is 2.95 bits per heavy atom. The summed E-state index contributed by atoms with van der Waals surface area (Å²) in [6, 6.07) is 4.11. The SMILES string of the molecule is CC(C)(C)OC(=O)NC1CCc2[nH]c3nc(Br)ccc3c2C1. The molecule has 6 heteroatoms. The van der Waals surface area contributed by atoms with E-state index >= 15 is 0 Å². The van der Waals surface area contributed by atoms with Gasteiger partial charge in [0.25, 0.3) is 0 Å². The number of ether oxygens (including phenoxy) is 1. The van der Waals surface area contributed by atoms with Gasteiger partial charge in [0, 0.05) is 17.1 Å². The van der Waals surface area contributed by atoms with Crippen LogP contribution in [0, 0.1) is 0 Å². The number of pyridine rings is 1. The van der Waals surface area contributed by atoms with Crippen molar-refractivity contribution >= 4 is 33.1 Å². The molecule has 0 aromatic carbocycles. The van der Waals surface area contributed by atoms with Gasteiger partial charge in [-0.25, -0.2) is 9.78 Å². The molecule has 1 atom stereocenters. The third-order valence-electron chi connectivity index (χ3n) is 3.73. The van der Waals surface area contributed by atoms with Crippen LogP contribution in [0.2, 0.25) is 0 Å². The molecule has 5 nitrogen and oxygen atoms in total. The van der Waals surface area contributed by atoms with Crippen molar-refractivity contribution in [3.05, 3.63) is 28.0 Å². The van der Waals surface area contributed by atoms with E-state index in [-0.39, 0.29) is 12.1 Å². The minimum Gasteiger partial charge on any atom is -0.444 e. The third-order valence-corrected chi connectivity index (χ3v) is 4.18. The second-order valence-corrected chi connectivity index (χ2v) is 7.51. The Morgan fingerprint density at radius 2 is 2.23 bits per heavy atom. The van der Waals surface area contributed by atoms with Crippen LogP contribution in [0.1, 0.15) is 38.4 Å². The van der Waals surface area contributed by atoms with Crippen molar-refractivity contribution in [1.82, 2.24) is 15.3 Å². The number of carbonyl (C=O) groups excluding carboxylic acids is 1. The topological polar surface area (TPSA) is 67.0 Å². The zero-order valence-corrected chi connectivity index (χ0v) is 14.6. The molecule has 0 bridgehead atoms. The summed E-state index contributed by atoms with van der Waals surface area (Å²) in [5, 5.41) is 4.11. The molecule has 0 spiro atoms. The van der Waals surface area contributed by atoms with Crippen LogP contribution < -0.4 is 5.32 Å². The van der Waals surface area contributed by atoms with Crippen molar-refractivity contribution in [1.29, 1.82) is 0 Å². The summed E-state index contributed by atoms with van der Waals surface area (Å²) in [5.74, 6) is 0. The lowest BCUT2D eigenvalue weighted by molar-refractivity contribution is 0.0500. The van der Waals surface area contributed by atoms with E-state index in [2.05, 4.69) is 37.3 Å². The molecule has 0 aliphatic heterocycles. The number of carbonyl (C=O) groups is 1. The van der Waals surface area contributed by atoms with Crippen molar-refractivity contribution in [2.45, 2.75) is 51.7 Å². The number of amides is 1. The van der Waals surface area contributed by atoms with E-state index < -0.39 is 5.60 Å². The van der Waals surface area contributed by atoms with Crippen molar-refractivity contribution in [3.63, 3.8) is 0 Å². The number of aryl methyl sites for hydroxylation is 1. The number of aromatic nitrogens is 2. The van der Waals surface area contributed by atoms with Gasteiger partial charge in [0.1, 0.15) is 15.9 Å². The maximum atomic E-state index is 11.9. The first-order chi connectivity index (χ1) is 10.3. The molecule has 1 aliphatic carbocycles. The molecule has 2 aromatic rings. The van der Waals surface area contributed by atoms with E-state index in [1.165, 1.54) is 11.3 Å². The maximum Gasteiger partial charge on any atom is 0.407 e. The zero-order valence-electron chi connectivity index (χ0n) is 13.0. The largest absolute Gasteiger partial charge is 0.444 e. The van der Waals surface area contributed by atoms with Gasteiger partial charge in [-0.1, -0.05) is 0 Å². The van der Waals surface area contributed by atoms with Gasteiger partial charge in [0.2, 0.25) is 0 Å². The van der Waals surface area contributed by atoms with Crippen LogP contribution in [-0.2, 0) is 17.6 Å². The fraction of sp³-hybridized carbons (Fsp3) is 0.500. The number of fused-ring (bicyclic) bond motifs is 3. The maximum absolute atomic E-state index is 11.9. The summed E-state index contributed by atoms with van der Waals surface area (Å²) in [6.07, 6.45) is 2.27. The molecular weight excluding hydrogens is 346 g/mol. The van der Waals surface area contributed by atoms with Crippen LogP contribution in [0.5, 0.6) is 0 Å². The predicted octanol–water partition coefficient (Wildman–Crippen LogP) is 3.71. The van der Waals surface area contributed by atoms with E-state index in [9.17, 15) is 4.79 Å². The van der Waals surface area contributed by atoms with Crippen molar-refractivity contribution in [2.24, 2.45) is 0 Å². The molecule has 22 heavy (non-hydrogen) atoms. The van der Waals surface area contributed by atoms with Crippen LogP contribution >= 0.6 is 15.9 Å². The predicted molar refractivity (Wildman–Crippen MR) is 89.0 cm³/mol. The number of aromatic amines is 1. The lowest BCUT2D eigenvalue weighted by Gasteiger charge is -2.26. The molecule has 0 fully saturated rings. The molecule has 0 saturated carbocycles. The fourth-order valence-corrected chi connectivity index (χ4v) is 3.18.